The molecular weight excluding hydrogens is 573 g/mol. The average Bonchev–Trinajstić information content (AvgIpc) is 3.49. The van der Waals surface area contributed by atoms with Crippen molar-refractivity contribution in [2.75, 3.05) is 18.5 Å². The van der Waals surface area contributed by atoms with Crippen LogP contribution in [-0.4, -0.2) is 77.7 Å². The highest BCUT2D eigenvalue weighted by Crippen LogP contribution is 2.28. The van der Waals surface area contributed by atoms with Gasteiger partial charge < -0.3 is 15.3 Å². The molecule has 4 aromatic rings. The summed E-state index contributed by atoms with van der Waals surface area (Å²) in [6.45, 7) is 0.415. The van der Waals surface area contributed by atoms with E-state index in [9.17, 15) is 23.9 Å². The molecule has 13 heteroatoms. The number of aliphatic hydroxyl groups excluding tert-OH is 1. The number of rotatable bonds is 7. The molecule has 5 rings (SSSR count). The van der Waals surface area contributed by atoms with Crippen LogP contribution in [0.3, 0.4) is 0 Å². The maximum Gasteiger partial charge on any atom is 0.248 e. The molecule has 0 saturated carbocycles. The number of halogens is 2. The number of alkyl halides is 1. The summed E-state index contributed by atoms with van der Waals surface area (Å²) >= 11 is 3.23. The van der Waals surface area contributed by atoms with E-state index < -0.39 is 36.4 Å². The topological polar surface area (TPSA) is 143 Å². The van der Waals surface area contributed by atoms with E-state index in [-0.39, 0.29) is 31.0 Å². The Bertz CT molecular complexity index is 1580. The standard InChI is InChI=1S/C26H23BrFN7O4/c1-14-29-9-16(10-30-14)15-5-6-19-18(7-15)25(21(37)13-36)33-35(19)12-24(38)34-11-17(28)8-20(34)26(39)32-23-4-2-3-22(27)31-23/h2-7,9-10,17,20,36H,8,11-13H2,1H3,(H,31,32,39). The molecule has 11 nitrogen and oxygen atoms in total. The monoisotopic (exact) mass is 595 g/mol. The van der Waals surface area contributed by atoms with Gasteiger partial charge in [-0.1, -0.05) is 12.1 Å². The average molecular weight is 596 g/mol. The fraction of sp³-hybridized carbons (Fsp3) is 0.269. The number of carbonyl (C=O) groups is 3. The Morgan fingerprint density at radius 1 is 1.15 bits per heavy atom. The second-order valence-electron chi connectivity index (χ2n) is 9.07. The first-order valence-corrected chi connectivity index (χ1v) is 12.8. The van der Waals surface area contributed by atoms with Crippen LogP contribution >= 0.6 is 15.9 Å². The number of benzene rings is 1. The summed E-state index contributed by atoms with van der Waals surface area (Å²) in [4.78, 5) is 52.5. The number of aliphatic hydroxyl groups is 1. The highest BCUT2D eigenvalue weighted by Gasteiger charge is 2.40. The van der Waals surface area contributed by atoms with E-state index in [0.717, 1.165) is 5.56 Å². The van der Waals surface area contributed by atoms with Crippen LogP contribution < -0.4 is 5.32 Å². The molecule has 1 aromatic carbocycles. The Morgan fingerprint density at radius 2 is 1.92 bits per heavy atom. The van der Waals surface area contributed by atoms with Gasteiger partial charge in [0.1, 0.15) is 47.3 Å². The van der Waals surface area contributed by atoms with Gasteiger partial charge in [0.05, 0.1) is 12.1 Å². The van der Waals surface area contributed by atoms with Crippen molar-refractivity contribution in [2.24, 2.45) is 0 Å². The lowest BCUT2D eigenvalue weighted by molar-refractivity contribution is -0.137. The Kier molecular flexibility index (Phi) is 7.44. The SMILES string of the molecule is Cc1ncc(-c2ccc3c(c2)c(C(=O)CO)nn3CC(=O)N2CC(F)CC2C(=O)Nc2cccc(Br)n2)cn1. The first-order valence-electron chi connectivity index (χ1n) is 12.0. The third-order valence-corrected chi connectivity index (χ3v) is 6.84. The quantitative estimate of drug-likeness (QED) is 0.245. The zero-order chi connectivity index (χ0) is 27.7. The van der Waals surface area contributed by atoms with Crippen LogP contribution in [0.2, 0.25) is 0 Å². The number of nitrogens with zero attached hydrogens (tertiary/aromatic N) is 6. The van der Waals surface area contributed by atoms with E-state index in [2.05, 4.69) is 41.3 Å². The highest BCUT2D eigenvalue weighted by molar-refractivity contribution is 9.10. The minimum absolute atomic E-state index is 0.00464. The van der Waals surface area contributed by atoms with Gasteiger partial charge in [-0.05, 0) is 52.7 Å². The zero-order valence-electron chi connectivity index (χ0n) is 20.7. The maximum absolute atomic E-state index is 14.4. The van der Waals surface area contributed by atoms with Gasteiger partial charge in [-0.25, -0.2) is 19.3 Å². The van der Waals surface area contributed by atoms with E-state index in [4.69, 9.17) is 0 Å². The summed E-state index contributed by atoms with van der Waals surface area (Å²) in [6, 6.07) is 9.12. The number of nitrogens with one attached hydrogen (secondary N) is 1. The van der Waals surface area contributed by atoms with Crippen molar-refractivity contribution >= 4 is 50.2 Å². The number of hydrogen-bond donors (Lipinski definition) is 2. The normalized spacial score (nSPS) is 17.0. The smallest absolute Gasteiger partial charge is 0.248 e. The molecule has 2 amide bonds. The van der Waals surface area contributed by atoms with E-state index >= 15 is 0 Å². The Hall–Kier alpha value is -4.10. The molecular formula is C26H23BrFN7O4. The van der Waals surface area contributed by atoms with Crippen molar-refractivity contribution in [2.45, 2.75) is 32.1 Å². The Morgan fingerprint density at radius 3 is 2.64 bits per heavy atom. The molecule has 1 aliphatic heterocycles. The third-order valence-electron chi connectivity index (χ3n) is 6.40. The number of ketones is 1. The van der Waals surface area contributed by atoms with Gasteiger partial charge in [0.15, 0.2) is 0 Å². The highest BCUT2D eigenvalue weighted by atomic mass is 79.9. The van der Waals surface area contributed by atoms with Gasteiger partial charge in [0.25, 0.3) is 0 Å². The van der Waals surface area contributed by atoms with Crippen molar-refractivity contribution in [3.05, 3.63) is 64.9 Å². The third kappa shape index (κ3) is 5.54. The second-order valence-corrected chi connectivity index (χ2v) is 9.88. The van der Waals surface area contributed by atoms with Crippen LogP contribution in [0.5, 0.6) is 0 Å². The van der Waals surface area contributed by atoms with Crippen LogP contribution in [0, 0.1) is 6.92 Å². The molecule has 0 aliphatic carbocycles. The lowest BCUT2D eigenvalue weighted by Crippen LogP contribution is -2.44. The van der Waals surface area contributed by atoms with Gasteiger partial charge >= 0.3 is 0 Å². The molecule has 4 heterocycles. The van der Waals surface area contributed by atoms with Crippen LogP contribution in [0.25, 0.3) is 22.0 Å². The lowest BCUT2D eigenvalue weighted by atomic mass is 10.0. The fourth-order valence-electron chi connectivity index (χ4n) is 4.52. The van der Waals surface area contributed by atoms with Gasteiger partial charge in [-0.15, -0.1) is 0 Å². The van der Waals surface area contributed by atoms with Gasteiger partial charge in [-0.2, -0.15) is 5.10 Å². The summed E-state index contributed by atoms with van der Waals surface area (Å²) in [5, 5.41) is 16.9. The van der Waals surface area contributed by atoms with E-state index in [1.165, 1.54) is 9.58 Å². The molecule has 0 spiro atoms. The lowest BCUT2D eigenvalue weighted by Gasteiger charge is -2.23. The number of pyridine rings is 1. The molecule has 1 aliphatic rings. The van der Waals surface area contributed by atoms with Crippen molar-refractivity contribution in [3.63, 3.8) is 0 Å². The first kappa shape index (κ1) is 26.5. The summed E-state index contributed by atoms with van der Waals surface area (Å²) < 4.78 is 16.3. The molecule has 1 fully saturated rings. The predicted octanol–water partition coefficient (Wildman–Crippen LogP) is 2.71. The number of aromatic nitrogens is 5. The van der Waals surface area contributed by atoms with Crippen LogP contribution in [0.15, 0.2) is 53.4 Å². The summed E-state index contributed by atoms with van der Waals surface area (Å²) in [5.74, 6) is -0.836. The van der Waals surface area contributed by atoms with Crippen LogP contribution in [-0.2, 0) is 16.1 Å². The predicted molar refractivity (Wildman–Crippen MR) is 142 cm³/mol. The van der Waals surface area contributed by atoms with E-state index in [1.54, 1.807) is 55.7 Å². The van der Waals surface area contributed by atoms with Crippen LogP contribution in [0.1, 0.15) is 22.7 Å². The number of fused-ring (bicyclic) bond motifs is 1. The second kappa shape index (κ2) is 10.9. The minimum Gasteiger partial charge on any atom is -0.388 e. The van der Waals surface area contributed by atoms with E-state index in [1.807, 2.05) is 0 Å². The summed E-state index contributed by atoms with van der Waals surface area (Å²) in [6.07, 6.45) is 1.78. The first-order chi connectivity index (χ1) is 18.7. The number of likely N-dealkylation sites (tertiary alicyclic amines) is 1. The van der Waals surface area contributed by atoms with Crippen molar-refractivity contribution in [1.29, 1.82) is 0 Å². The minimum atomic E-state index is -1.37. The van der Waals surface area contributed by atoms with Crippen LogP contribution in [0.4, 0.5) is 10.2 Å². The molecule has 0 bridgehead atoms. The van der Waals surface area contributed by atoms with Gasteiger partial charge in [0, 0.05) is 29.8 Å². The summed E-state index contributed by atoms with van der Waals surface area (Å²) in [5.41, 5.74) is 1.90. The van der Waals surface area contributed by atoms with Gasteiger partial charge in [-0.3, -0.25) is 19.1 Å². The molecule has 2 unspecified atom stereocenters. The van der Waals surface area contributed by atoms with E-state index in [0.29, 0.717) is 26.9 Å². The largest absolute Gasteiger partial charge is 0.388 e. The Labute approximate surface area is 230 Å². The molecule has 1 saturated heterocycles. The number of anilines is 1. The number of hydrogen-bond acceptors (Lipinski definition) is 8. The molecule has 39 heavy (non-hydrogen) atoms. The van der Waals surface area contributed by atoms with Crippen molar-refractivity contribution < 1.29 is 23.9 Å². The van der Waals surface area contributed by atoms with Gasteiger partial charge in [0.2, 0.25) is 17.6 Å². The molecule has 0 radical (unpaired) electrons. The fourth-order valence-corrected chi connectivity index (χ4v) is 4.86. The molecule has 3 aromatic heterocycles. The number of Topliss-reactive ketones (excluding diaryl/α,β-unsaturated/α-hetero) is 1. The molecule has 2 atom stereocenters. The van der Waals surface area contributed by atoms with Crippen molar-refractivity contribution in [1.82, 2.24) is 29.6 Å². The Balaban J connectivity index is 1.42. The zero-order valence-corrected chi connectivity index (χ0v) is 22.3. The number of amides is 2. The summed E-state index contributed by atoms with van der Waals surface area (Å²) in [7, 11) is 0. The van der Waals surface area contributed by atoms with Crippen molar-refractivity contribution in [3.8, 4) is 11.1 Å². The molecule has 2 N–H and O–H groups in total. The maximum atomic E-state index is 14.4. The number of carbonyl (C=O) groups excluding carboxylic acids is 3. The molecule has 200 valence electrons. The number of aryl methyl sites for hydroxylation is 1.